The van der Waals surface area contributed by atoms with Crippen LogP contribution >= 0.6 is 11.3 Å². The summed E-state index contributed by atoms with van der Waals surface area (Å²) in [7, 11) is 0. The Morgan fingerprint density at radius 1 is 1.56 bits per heavy atom. The molecule has 1 amide bonds. The molecule has 1 aliphatic carbocycles. The molecule has 3 rings (SSSR count). The summed E-state index contributed by atoms with van der Waals surface area (Å²) in [4.78, 5) is 19.7. The van der Waals surface area contributed by atoms with Crippen LogP contribution in [0.3, 0.4) is 0 Å². The minimum absolute atomic E-state index is 0.197. The van der Waals surface area contributed by atoms with E-state index in [1.807, 2.05) is 5.38 Å². The van der Waals surface area contributed by atoms with Crippen LogP contribution in [0.4, 0.5) is 5.13 Å². The number of carbonyl (C=O) groups excluding carboxylic acids is 1. The minimum Gasteiger partial charge on any atom is -0.295 e. The first kappa shape index (κ1) is 9.46. The Labute approximate surface area is 95.1 Å². The van der Waals surface area contributed by atoms with E-state index in [-0.39, 0.29) is 11.7 Å². The van der Waals surface area contributed by atoms with Gasteiger partial charge in [0.2, 0.25) is 5.82 Å². The van der Waals surface area contributed by atoms with E-state index in [9.17, 15) is 4.79 Å². The smallest absolute Gasteiger partial charge is 0.294 e. The zero-order valence-electron chi connectivity index (χ0n) is 8.30. The normalized spacial score (nSPS) is 15.0. The summed E-state index contributed by atoms with van der Waals surface area (Å²) >= 11 is 1.44. The monoisotopic (exact) mass is 235 g/mol. The fourth-order valence-electron chi connectivity index (χ4n) is 1.38. The lowest BCUT2D eigenvalue weighted by Gasteiger charge is -1.96. The van der Waals surface area contributed by atoms with Gasteiger partial charge < -0.3 is 0 Å². The van der Waals surface area contributed by atoms with Crippen molar-refractivity contribution in [2.45, 2.75) is 18.8 Å². The van der Waals surface area contributed by atoms with E-state index < -0.39 is 0 Å². The SMILES string of the molecule is O=C(Nc1nc(C2CC2)cs1)c1ncn[nH]1. The number of thiazole rings is 1. The minimum atomic E-state index is -0.311. The van der Waals surface area contributed by atoms with Crippen LogP contribution in [0.15, 0.2) is 11.7 Å². The number of aromatic nitrogens is 4. The van der Waals surface area contributed by atoms with Crippen LogP contribution in [0.2, 0.25) is 0 Å². The van der Waals surface area contributed by atoms with Gasteiger partial charge in [-0.15, -0.1) is 11.3 Å². The van der Waals surface area contributed by atoms with Crippen molar-refractivity contribution in [1.82, 2.24) is 20.2 Å². The second kappa shape index (κ2) is 3.67. The highest BCUT2D eigenvalue weighted by Gasteiger charge is 2.26. The largest absolute Gasteiger partial charge is 0.295 e. The van der Waals surface area contributed by atoms with Gasteiger partial charge in [0.1, 0.15) is 6.33 Å². The molecule has 0 spiro atoms. The van der Waals surface area contributed by atoms with Crippen LogP contribution < -0.4 is 5.32 Å². The van der Waals surface area contributed by atoms with Gasteiger partial charge in [0.05, 0.1) is 5.69 Å². The number of hydrogen-bond acceptors (Lipinski definition) is 5. The average molecular weight is 235 g/mol. The van der Waals surface area contributed by atoms with Crippen molar-refractivity contribution in [3.05, 3.63) is 23.2 Å². The molecule has 2 aromatic heterocycles. The Hall–Kier alpha value is -1.76. The van der Waals surface area contributed by atoms with Gasteiger partial charge in [-0.2, -0.15) is 5.10 Å². The van der Waals surface area contributed by atoms with Crippen molar-refractivity contribution in [3.63, 3.8) is 0 Å². The lowest BCUT2D eigenvalue weighted by atomic mass is 10.3. The number of carbonyl (C=O) groups is 1. The third-order valence-electron chi connectivity index (χ3n) is 2.37. The zero-order valence-corrected chi connectivity index (χ0v) is 9.12. The quantitative estimate of drug-likeness (QED) is 0.842. The molecule has 0 atom stereocenters. The first-order valence-electron chi connectivity index (χ1n) is 4.95. The van der Waals surface area contributed by atoms with Gasteiger partial charge in [-0.25, -0.2) is 9.97 Å². The molecular weight excluding hydrogens is 226 g/mol. The summed E-state index contributed by atoms with van der Waals surface area (Å²) in [6.07, 6.45) is 3.71. The van der Waals surface area contributed by atoms with Crippen LogP contribution in [0.1, 0.15) is 35.1 Å². The highest BCUT2D eigenvalue weighted by molar-refractivity contribution is 7.14. The number of nitrogens with zero attached hydrogens (tertiary/aromatic N) is 3. The Bertz CT molecular complexity index is 502. The molecule has 82 valence electrons. The van der Waals surface area contributed by atoms with Crippen molar-refractivity contribution < 1.29 is 4.79 Å². The summed E-state index contributed by atoms with van der Waals surface area (Å²) < 4.78 is 0. The van der Waals surface area contributed by atoms with Gasteiger partial charge >= 0.3 is 0 Å². The van der Waals surface area contributed by atoms with Crippen LogP contribution in [0.25, 0.3) is 0 Å². The van der Waals surface area contributed by atoms with Gasteiger partial charge in [-0.05, 0) is 12.8 Å². The number of hydrogen-bond donors (Lipinski definition) is 2. The topological polar surface area (TPSA) is 83.6 Å². The molecule has 6 nitrogen and oxygen atoms in total. The predicted octanol–water partition coefficient (Wildman–Crippen LogP) is 1.39. The molecule has 0 bridgehead atoms. The maximum Gasteiger partial charge on any atom is 0.294 e. The maximum atomic E-state index is 11.6. The van der Waals surface area contributed by atoms with E-state index in [1.165, 1.54) is 30.5 Å². The summed E-state index contributed by atoms with van der Waals surface area (Å²) in [5.41, 5.74) is 1.08. The van der Waals surface area contributed by atoms with E-state index in [4.69, 9.17) is 0 Å². The summed E-state index contributed by atoms with van der Waals surface area (Å²) in [5.74, 6) is 0.490. The Balaban J connectivity index is 1.71. The Kier molecular flexibility index (Phi) is 2.17. The number of nitrogens with one attached hydrogen (secondary N) is 2. The van der Waals surface area contributed by atoms with Crippen molar-refractivity contribution in [3.8, 4) is 0 Å². The number of rotatable bonds is 3. The summed E-state index contributed by atoms with van der Waals surface area (Å²) in [6, 6.07) is 0. The number of aromatic amines is 1. The zero-order chi connectivity index (χ0) is 11.0. The molecule has 0 aliphatic heterocycles. The predicted molar refractivity (Wildman–Crippen MR) is 58.4 cm³/mol. The van der Waals surface area contributed by atoms with Crippen LogP contribution in [0.5, 0.6) is 0 Å². The fraction of sp³-hybridized carbons (Fsp3) is 0.333. The third-order valence-corrected chi connectivity index (χ3v) is 3.14. The number of H-pyrrole nitrogens is 1. The van der Waals surface area contributed by atoms with Crippen molar-refractivity contribution >= 4 is 22.4 Å². The first-order chi connectivity index (χ1) is 7.83. The fourth-order valence-corrected chi connectivity index (χ4v) is 2.17. The highest BCUT2D eigenvalue weighted by Crippen LogP contribution is 2.40. The van der Waals surface area contributed by atoms with Crippen molar-refractivity contribution in [2.24, 2.45) is 0 Å². The number of amides is 1. The van der Waals surface area contributed by atoms with Crippen LogP contribution in [-0.4, -0.2) is 26.1 Å². The molecule has 0 radical (unpaired) electrons. The van der Waals surface area contributed by atoms with Gasteiger partial charge in [0.25, 0.3) is 5.91 Å². The molecule has 0 aromatic carbocycles. The average Bonchev–Trinajstić information content (AvgIpc) is 2.82. The molecule has 2 aromatic rings. The molecule has 16 heavy (non-hydrogen) atoms. The van der Waals surface area contributed by atoms with E-state index in [1.54, 1.807) is 0 Å². The number of anilines is 1. The lowest BCUT2D eigenvalue weighted by Crippen LogP contribution is -2.13. The van der Waals surface area contributed by atoms with E-state index >= 15 is 0 Å². The molecule has 1 aliphatic rings. The standard InChI is InChI=1S/C9H9N5OS/c15-8(7-10-4-11-14-7)13-9-12-6(3-16-9)5-1-2-5/h3-5H,1-2H2,(H,10,11,14)(H,12,13,15). The third kappa shape index (κ3) is 1.81. The maximum absolute atomic E-state index is 11.6. The molecule has 2 heterocycles. The van der Waals surface area contributed by atoms with Crippen molar-refractivity contribution in [1.29, 1.82) is 0 Å². The molecule has 1 fully saturated rings. The highest BCUT2D eigenvalue weighted by atomic mass is 32.1. The molecule has 1 saturated carbocycles. The summed E-state index contributed by atoms with van der Waals surface area (Å²) in [5, 5.41) is 11.4. The molecule has 2 N–H and O–H groups in total. The Morgan fingerprint density at radius 3 is 3.12 bits per heavy atom. The van der Waals surface area contributed by atoms with Crippen molar-refractivity contribution in [2.75, 3.05) is 5.32 Å². The van der Waals surface area contributed by atoms with E-state index in [0.29, 0.717) is 11.0 Å². The molecule has 7 heteroatoms. The molecule has 0 saturated heterocycles. The lowest BCUT2D eigenvalue weighted by molar-refractivity contribution is 0.101. The molecular formula is C9H9N5OS. The first-order valence-corrected chi connectivity index (χ1v) is 5.83. The Morgan fingerprint density at radius 2 is 2.44 bits per heavy atom. The van der Waals surface area contributed by atoms with Gasteiger partial charge in [0.15, 0.2) is 5.13 Å². The van der Waals surface area contributed by atoms with Gasteiger partial charge in [-0.3, -0.25) is 15.2 Å². The molecule has 0 unspecified atom stereocenters. The second-order valence-corrected chi connectivity index (χ2v) is 4.50. The van der Waals surface area contributed by atoms with Gasteiger partial charge in [0, 0.05) is 11.3 Å². The van der Waals surface area contributed by atoms with E-state index in [0.717, 1.165) is 5.69 Å². The second-order valence-electron chi connectivity index (χ2n) is 3.64. The van der Waals surface area contributed by atoms with Crippen LogP contribution in [-0.2, 0) is 0 Å². The van der Waals surface area contributed by atoms with Crippen LogP contribution in [0, 0.1) is 0 Å². The summed E-state index contributed by atoms with van der Waals surface area (Å²) in [6.45, 7) is 0. The van der Waals surface area contributed by atoms with E-state index in [2.05, 4.69) is 25.5 Å². The van der Waals surface area contributed by atoms with Gasteiger partial charge in [-0.1, -0.05) is 0 Å².